The molecule has 1 atom stereocenters. The van der Waals surface area contributed by atoms with Crippen LogP contribution >= 0.6 is 11.3 Å². The van der Waals surface area contributed by atoms with Crippen molar-refractivity contribution in [1.29, 1.82) is 0 Å². The number of benzene rings is 1. The van der Waals surface area contributed by atoms with Gasteiger partial charge in [-0.25, -0.2) is 13.3 Å². The van der Waals surface area contributed by atoms with Crippen molar-refractivity contribution in [3.05, 3.63) is 65.1 Å². The van der Waals surface area contributed by atoms with Gasteiger partial charge in [0, 0.05) is 23.9 Å². The topological polar surface area (TPSA) is 81.7 Å². The van der Waals surface area contributed by atoms with Gasteiger partial charge < -0.3 is 15.8 Å². The number of hydrogen-bond donors (Lipinski definition) is 2. The van der Waals surface area contributed by atoms with Crippen molar-refractivity contribution < 1.29 is 18.3 Å². The number of nitrogens with zero attached hydrogens (tertiary/aromatic N) is 2. The summed E-state index contributed by atoms with van der Waals surface area (Å²) in [4.78, 5) is 12.9. The summed E-state index contributed by atoms with van der Waals surface area (Å²) in [6.45, 7) is 0.0877. The van der Waals surface area contributed by atoms with Crippen LogP contribution in [0.25, 0.3) is 27.8 Å². The third-order valence-electron chi connectivity index (χ3n) is 5.12. The number of pyridine rings is 1. The van der Waals surface area contributed by atoms with Crippen molar-refractivity contribution in [1.82, 2.24) is 14.9 Å². The van der Waals surface area contributed by atoms with E-state index in [0.29, 0.717) is 10.6 Å². The summed E-state index contributed by atoms with van der Waals surface area (Å²) in [6, 6.07) is 12.4. The van der Waals surface area contributed by atoms with Gasteiger partial charge in [-0.2, -0.15) is 5.10 Å². The van der Waals surface area contributed by atoms with E-state index in [2.05, 4.69) is 10.4 Å². The van der Waals surface area contributed by atoms with Crippen LogP contribution in [-0.4, -0.2) is 41.6 Å². The van der Waals surface area contributed by atoms with Crippen LogP contribution in [0.1, 0.15) is 16.1 Å². The maximum absolute atomic E-state index is 12.5. The van der Waals surface area contributed by atoms with E-state index >= 15 is 0 Å². The maximum atomic E-state index is 12.5. The monoisotopic (exact) mass is 456 g/mol. The number of thiophene rings is 1. The molecular weight excluding hydrogens is 434 g/mol. The van der Waals surface area contributed by atoms with Crippen molar-refractivity contribution in [3.8, 4) is 28.0 Å². The number of nitrogens with one attached hydrogen (secondary N) is 1. The lowest BCUT2D eigenvalue weighted by Crippen LogP contribution is -2.34. The maximum Gasteiger partial charge on any atom is 0.261 e. The fourth-order valence-corrected chi connectivity index (χ4v) is 4.22. The Morgan fingerprint density at radius 2 is 2.00 bits per heavy atom. The highest BCUT2D eigenvalue weighted by Gasteiger charge is 2.18. The number of fused-ring (bicyclic) bond motifs is 1. The Bertz CT molecular complexity index is 1220. The number of methoxy groups -OCH3 is 1. The zero-order valence-electron chi connectivity index (χ0n) is 17.3. The number of aromatic nitrogens is 2. The largest absolute Gasteiger partial charge is 0.494 e. The minimum atomic E-state index is -2.60. The minimum Gasteiger partial charge on any atom is -0.494 e. The molecular formula is C23H22F2N4O2S. The van der Waals surface area contributed by atoms with Crippen molar-refractivity contribution in [2.75, 3.05) is 13.7 Å². The van der Waals surface area contributed by atoms with Crippen LogP contribution < -0.4 is 15.8 Å². The Morgan fingerprint density at radius 3 is 2.72 bits per heavy atom. The lowest BCUT2D eigenvalue weighted by Gasteiger charge is -2.10. The second-order valence-electron chi connectivity index (χ2n) is 7.26. The van der Waals surface area contributed by atoms with Crippen LogP contribution in [-0.2, 0) is 0 Å². The average Bonchev–Trinajstić information content (AvgIpc) is 3.46. The molecule has 0 fully saturated rings. The summed E-state index contributed by atoms with van der Waals surface area (Å²) in [7, 11) is 1.61. The van der Waals surface area contributed by atoms with Crippen LogP contribution in [0.3, 0.4) is 0 Å². The van der Waals surface area contributed by atoms with Gasteiger partial charge >= 0.3 is 0 Å². The third kappa shape index (κ3) is 4.49. The average molecular weight is 457 g/mol. The molecule has 6 nitrogen and oxygen atoms in total. The van der Waals surface area contributed by atoms with Gasteiger partial charge in [0.25, 0.3) is 12.3 Å². The Kier molecular flexibility index (Phi) is 6.48. The van der Waals surface area contributed by atoms with Gasteiger partial charge in [-0.3, -0.25) is 4.79 Å². The number of carbonyl (C=O) groups excluding carboxylic acids is 1. The molecule has 3 heterocycles. The van der Waals surface area contributed by atoms with E-state index in [-0.39, 0.29) is 18.9 Å². The molecule has 4 rings (SSSR count). The van der Waals surface area contributed by atoms with Crippen LogP contribution in [0.5, 0.6) is 5.75 Å². The molecule has 3 N–H and O–H groups in total. The molecule has 0 radical (unpaired) electrons. The van der Waals surface area contributed by atoms with Crippen molar-refractivity contribution in [2.24, 2.45) is 5.73 Å². The van der Waals surface area contributed by atoms with E-state index in [1.165, 1.54) is 11.3 Å². The number of alkyl halides is 2. The lowest BCUT2D eigenvalue weighted by molar-refractivity contribution is 0.0934. The first-order chi connectivity index (χ1) is 15.5. The van der Waals surface area contributed by atoms with Gasteiger partial charge in [-0.05, 0) is 35.1 Å². The SMILES string of the molecule is COc1cc(-c2ccccc2)cn2ncc(-c3csc(C(=O)NCCC(N)C(F)F)c3)c12. The molecule has 1 amide bonds. The Balaban J connectivity index is 1.58. The molecule has 0 aliphatic rings. The fourth-order valence-electron chi connectivity index (χ4n) is 3.40. The quantitative estimate of drug-likeness (QED) is 0.410. The molecule has 0 spiro atoms. The molecule has 166 valence electrons. The highest BCUT2D eigenvalue weighted by atomic mass is 32.1. The number of halogens is 2. The van der Waals surface area contributed by atoms with Crippen molar-refractivity contribution in [2.45, 2.75) is 18.9 Å². The fraction of sp³-hybridized carbons (Fsp3) is 0.217. The number of nitrogens with two attached hydrogens (primary N) is 1. The van der Waals surface area contributed by atoms with Gasteiger partial charge in [-0.1, -0.05) is 30.3 Å². The first kappa shape index (κ1) is 21.9. The van der Waals surface area contributed by atoms with E-state index < -0.39 is 12.5 Å². The lowest BCUT2D eigenvalue weighted by atomic mass is 10.1. The number of ether oxygens (including phenoxy) is 1. The normalized spacial score (nSPS) is 12.3. The zero-order valence-corrected chi connectivity index (χ0v) is 18.1. The second-order valence-corrected chi connectivity index (χ2v) is 8.17. The summed E-state index contributed by atoms with van der Waals surface area (Å²) >= 11 is 1.27. The van der Waals surface area contributed by atoms with E-state index in [9.17, 15) is 13.6 Å². The van der Waals surface area contributed by atoms with Gasteiger partial charge in [0.05, 0.1) is 24.2 Å². The van der Waals surface area contributed by atoms with E-state index in [0.717, 1.165) is 27.8 Å². The number of rotatable bonds is 8. The molecule has 1 unspecified atom stereocenters. The van der Waals surface area contributed by atoms with Gasteiger partial charge in [0.1, 0.15) is 11.3 Å². The van der Waals surface area contributed by atoms with Crippen LogP contribution in [0.2, 0.25) is 0 Å². The summed E-state index contributed by atoms with van der Waals surface area (Å²) in [6.07, 6.45) is 1.07. The van der Waals surface area contributed by atoms with Crippen molar-refractivity contribution >= 4 is 22.8 Å². The Labute approximate surface area is 187 Å². The van der Waals surface area contributed by atoms with Crippen molar-refractivity contribution in [3.63, 3.8) is 0 Å². The summed E-state index contributed by atoms with van der Waals surface area (Å²) in [5.41, 5.74) is 9.78. The molecule has 0 aliphatic heterocycles. The molecule has 1 aromatic carbocycles. The molecule has 3 aromatic heterocycles. The standard InChI is InChI=1S/C23H22F2N4O2S/c1-31-19-9-15(14-5-3-2-4-6-14)12-29-21(19)17(11-28-29)16-10-20(32-13-16)23(30)27-8-7-18(26)22(24)25/h2-6,9-13,18,22H,7-8,26H2,1H3,(H,27,30). The molecule has 9 heteroatoms. The van der Waals surface area contributed by atoms with Gasteiger partial charge in [0.2, 0.25) is 0 Å². The molecule has 4 aromatic rings. The molecule has 32 heavy (non-hydrogen) atoms. The summed E-state index contributed by atoms with van der Waals surface area (Å²) in [5, 5.41) is 8.99. The number of carbonyl (C=O) groups is 1. The zero-order chi connectivity index (χ0) is 22.7. The first-order valence-corrected chi connectivity index (χ1v) is 10.9. The summed E-state index contributed by atoms with van der Waals surface area (Å²) in [5.74, 6) is 0.342. The second kappa shape index (κ2) is 9.46. The van der Waals surface area contributed by atoms with E-state index in [1.54, 1.807) is 23.9 Å². The highest BCUT2D eigenvalue weighted by Crippen LogP contribution is 2.36. The van der Waals surface area contributed by atoms with Gasteiger partial charge in [-0.15, -0.1) is 11.3 Å². The van der Waals surface area contributed by atoms with Crippen LogP contribution in [0.15, 0.2) is 60.2 Å². The van der Waals surface area contributed by atoms with Crippen LogP contribution in [0.4, 0.5) is 8.78 Å². The predicted octanol–water partition coefficient (Wildman–Crippen LogP) is 4.45. The first-order valence-electron chi connectivity index (χ1n) is 9.99. The molecule has 0 bridgehead atoms. The Morgan fingerprint density at radius 1 is 1.22 bits per heavy atom. The predicted molar refractivity (Wildman–Crippen MR) is 121 cm³/mol. The number of amides is 1. The Hall–Kier alpha value is -3.30. The smallest absolute Gasteiger partial charge is 0.261 e. The summed E-state index contributed by atoms with van der Waals surface area (Å²) < 4.78 is 32.4. The molecule has 0 saturated carbocycles. The molecule has 0 saturated heterocycles. The minimum absolute atomic E-state index is 0.0105. The van der Waals surface area contributed by atoms with E-state index in [1.807, 2.05) is 48.0 Å². The number of hydrogen-bond acceptors (Lipinski definition) is 5. The third-order valence-corrected chi connectivity index (χ3v) is 6.05. The van der Waals surface area contributed by atoms with E-state index in [4.69, 9.17) is 10.5 Å². The molecule has 0 aliphatic carbocycles. The highest BCUT2D eigenvalue weighted by molar-refractivity contribution is 7.12. The van der Waals surface area contributed by atoms with Crippen LogP contribution in [0, 0.1) is 0 Å². The van der Waals surface area contributed by atoms with Gasteiger partial charge in [0.15, 0.2) is 0 Å².